The Balaban J connectivity index is 1.42. The second-order valence-electron chi connectivity index (χ2n) is 5.73. The molecule has 1 aromatic carbocycles. The molecule has 0 saturated carbocycles. The summed E-state index contributed by atoms with van der Waals surface area (Å²) in [6.45, 7) is 3.17. The molecule has 130 valence electrons. The topological polar surface area (TPSA) is 80.3 Å². The summed E-state index contributed by atoms with van der Waals surface area (Å²) in [6.07, 6.45) is 2.35. The Bertz CT molecular complexity index is 747. The Labute approximate surface area is 150 Å². The Morgan fingerprint density at radius 1 is 1.20 bits per heavy atom. The van der Waals surface area contributed by atoms with E-state index in [1.807, 2.05) is 49.5 Å². The zero-order valence-corrected chi connectivity index (χ0v) is 14.6. The van der Waals surface area contributed by atoms with Crippen molar-refractivity contribution in [1.82, 2.24) is 10.3 Å². The molecule has 0 radical (unpaired) electrons. The van der Waals surface area contributed by atoms with Gasteiger partial charge in [0, 0.05) is 6.20 Å². The van der Waals surface area contributed by atoms with Crippen LogP contribution in [0, 0.1) is 6.92 Å². The van der Waals surface area contributed by atoms with Crippen LogP contribution in [-0.4, -0.2) is 34.5 Å². The number of benzene rings is 1. The van der Waals surface area contributed by atoms with Gasteiger partial charge in [-0.1, -0.05) is 30.0 Å². The van der Waals surface area contributed by atoms with Gasteiger partial charge in [0.15, 0.2) is 0 Å². The number of nitrogens with zero attached hydrogens (tertiary/aromatic N) is 1. The first-order chi connectivity index (χ1) is 12.1. The van der Waals surface area contributed by atoms with Crippen molar-refractivity contribution in [1.29, 1.82) is 0 Å². The SMILES string of the molecule is Cc1ccc(NCCOc2ccc(CC3SC(=O)NC3=O)cc2)nc1. The normalized spacial score (nSPS) is 16.6. The minimum atomic E-state index is -0.342. The number of anilines is 1. The van der Waals surface area contributed by atoms with E-state index in [0.717, 1.165) is 34.5 Å². The van der Waals surface area contributed by atoms with Crippen LogP contribution in [0.2, 0.25) is 0 Å². The minimum absolute atomic E-state index is 0.217. The Kier molecular flexibility index (Phi) is 5.55. The zero-order valence-electron chi connectivity index (χ0n) is 13.8. The lowest BCUT2D eigenvalue weighted by Crippen LogP contribution is -2.25. The first-order valence-electron chi connectivity index (χ1n) is 8.00. The van der Waals surface area contributed by atoms with Crippen molar-refractivity contribution >= 4 is 28.7 Å². The first-order valence-corrected chi connectivity index (χ1v) is 8.88. The maximum atomic E-state index is 11.6. The highest BCUT2D eigenvalue weighted by atomic mass is 32.2. The fourth-order valence-corrected chi connectivity index (χ4v) is 3.24. The number of aryl methyl sites for hydroxylation is 1. The monoisotopic (exact) mass is 357 g/mol. The molecule has 1 atom stereocenters. The number of imide groups is 1. The summed E-state index contributed by atoms with van der Waals surface area (Å²) in [5.74, 6) is 1.37. The molecule has 2 aromatic rings. The van der Waals surface area contributed by atoms with E-state index >= 15 is 0 Å². The van der Waals surface area contributed by atoms with Gasteiger partial charge < -0.3 is 10.1 Å². The van der Waals surface area contributed by atoms with E-state index in [9.17, 15) is 9.59 Å². The zero-order chi connectivity index (χ0) is 17.6. The summed E-state index contributed by atoms with van der Waals surface area (Å²) in [7, 11) is 0. The fraction of sp³-hybridized carbons (Fsp3) is 0.278. The molecular formula is C18H19N3O3S. The van der Waals surface area contributed by atoms with Gasteiger partial charge in [0.25, 0.3) is 5.24 Å². The maximum Gasteiger partial charge on any atom is 0.286 e. The molecule has 1 unspecified atom stereocenters. The van der Waals surface area contributed by atoms with Gasteiger partial charge in [-0.15, -0.1) is 0 Å². The summed E-state index contributed by atoms with van der Waals surface area (Å²) in [4.78, 5) is 27.0. The van der Waals surface area contributed by atoms with Crippen molar-refractivity contribution < 1.29 is 14.3 Å². The van der Waals surface area contributed by atoms with Gasteiger partial charge in [-0.2, -0.15) is 0 Å². The van der Waals surface area contributed by atoms with Crippen molar-refractivity contribution in [2.24, 2.45) is 0 Å². The van der Waals surface area contributed by atoms with Crippen LogP contribution >= 0.6 is 11.8 Å². The van der Waals surface area contributed by atoms with Crippen molar-refractivity contribution in [3.05, 3.63) is 53.7 Å². The van der Waals surface area contributed by atoms with Gasteiger partial charge in [0.1, 0.15) is 18.2 Å². The third-order valence-corrected chi connectivity index (χ3v) is 4.68. The van der Waals surface area contributed by atoms with Crippen molar-refractivity contribution in [3.63, 3.8) is 0 Å². The van der Waals surface area contributed by atoms with Crippen molar-refractivity contribution in [2.45, 2.75) is 18.6 Å². The number of aromatic nitrogens is 1. The number of rotatable bonds is 7. The molecule has 7 heteroatoms. The molecule has 0 aliphatic carbocycles. The van der Waals surface area contributed by atoms with E-state index in [2.05, 4.69) is 15.6 Å². The van der Waals surface area contributed by atoms with E-state index in [1.165, 1.54) is 0 Å². The van der Waals surface area contributed by atoms with Gasteiger partial charge in [-0.25, -0.2) is 4.98 Å². The Morgan fingerprint density at radius 3 is 2.64 bits per heavy atom. The summed E-state index contributed by atoms with van der Waals surface area (Å²) in [5.41, 5.74) is 2.12. The Morgan fingerprint density at radius 2 is 2.00 bits per heavy atom. The molecule has 25 heavy (non-hydrogen) atoms. The number of carbonyl (C=O) groups excluding carboxylic acids is 2. The lowest BCUT2D eigenvalue weighted by atomic mass is 10.1. The third-order valence-electron chi connectivity index (χ3n) is 3.70. The average molecular weight is 357 g/mol. The van der Waals surface area contributed by atoms with Gasteiger partial charge >= 0.3 is 0 Å². The van der Waals surface area contributed by atoms with Crippen LogP contribution in [-0.2, 0) is 11.2 Å². The van der Waals surface area contributed by atoms with Gasteiger partial charge in [-0.3, -0.25) is 14.9 Å². The highest BCUT2D eigenvalue weighted by Gasteiger charge is 2.31. The number of carbonyl (C=O) groups is 2. The minimum Gasteiger partial charge on any atom is -0.492 e. The predicted octanol–water partition coefficient (Wildman–Crippen LogP) is 2.78. The molecule has 1 aliphatic heterocycles. The van der Waals surface area contributed by atoms with Crippen LogP contribution in [0.25, 0.3) is 0 Å². The van der Waals surface area contributed by atoms with Gasteiger partial charge in [0.05, 0.1) is 11.8 Å². The highest BCUT2D eigenvalue weighted by molar-refractivity contribution is 8.15. The van der Waals surface area contributed by atoms with Crippen LogP contribution in [0.5, 0.6) is 5.75 Å². The van der Waals surface area contributed by atoms with Crippen molar-refractivity contribution in [2.75, 3.05) is 18.5 Å². The molecular weight excluding hydrogens is 338 g/mol. The number of amides is 2. The van der Waals surface area contributed by atoms with E-state index < -0.39 is 0 Å². The quantitative estimate of drug-likeness (QED) is 0.742. The molecule has 1 aliphatic rings. The summed E-state index contributed by atoms with van der Waals surface area (Å²) in [5, 5.41) is 4.88. The standard InChI is InChI=1S/C18H19N3O3S/c1-12-2-7-16(20-11-12)19-8-9-24-14-5-3-13(4-6-14)10-15-17(22)21-18(23)25-15/h2-7,11,15H,8-10H2,1H3,(H,19,20)(H,21,22,23). The summed E-state index contributed by atoms with van der Waals surface area (Å²) >= 11 is 1.04. The van der Waals surface area contributed by atoms with E-state index in [1.54, 1.807) is 0 Å². The lowest BCUT2D eigenvalue weighted by molar-refractivity contribution is -0.118. The first kappa shape index (κ1) is 17.3. The molecule has 2 heterocycles. The smallest absolute Gasteiger partial charge is 0.286 e. The average Bonchev–Trinajstić information content (AvgIpc) is 2.92. The lowest BCUT2D eigenvalue weighted by Gasteiger charge is -2.10. The van der Waals surface area contributed by atoms with Gasteiger partial charge in [-0.05, 0) is 42.7 Å². The van der Waals surface area contributed by atoms with E-state index in [-0.39, 0.29) is 16.4 Å². The number of ether oxygens (including phenoxy) is 1. The Hall–Kier alpha value is -2.54. The third kappa shape index (κ3) is 4.96. The maximum absolute atomic E-state index is 11.6. The fourth-order valence-electron chi connectivity index (χ4n) is 2.38. The summed E-state index contributed by atoms with van der Waals surface area (Å²) < 4.78 is 5.69. The molecule has 0 spiro atoms. The van der Waals surface area contributed by atoms with Crippen molar-refractivity contribution in [3.8, 4) is 5.75 Å². The molecule has 0 bridgehead atoms. The second-order valence-corrected chi connectivity index (χ2v) is 6.90. The molecule has 2 N–H and O–H groups in total. The molecule has 2 amide bonds. The van der Waals surface area contributed by atoms with Crippen LogP contribution < -0.4 is 15.4 Å². The number of nitrogens with one attached hydrogen (secondary N) is 2. The largest absolute Gasteiger partial charge is 0.492 e. The molecule has 3 rings (SSSR count). The predicted molar refractivity (Wildman–Crippen MR) is 98.0 cm³/mol. The van der Waals surface area contributed by atoms with Gasteiger partial charge in [0.2, 0.25) is 5.91 Å². The number of pyridine rings is 1. The highest BCUT2D eigenvalue weighted by Crippen LogP contribution is 2.23. The number of hydrogen-bond acceptors (Lipinski definition) is 6. The molecule has 1 fully saturated rings. The van der Waals surface area contributed by atoms with E-state index in [4.69, 9.17) is 4.74 Å². The summed E-state index contributed by atoms with van der Waals surface area (Å²) in [6, 6.07) is 11.5. The number of hydrogen-bond donors (Lipinski definition) is 2. The van der Waals surface area contributed by atoms with Crippen LogP contribution in [0.4, 0.5) is 10.6 Å². The number of thioether (sulfide) groups is 1. The van der Waals surface area contributed by atoms with E-state index in [0.29, 0.717) is 19.6 Å². The van der Waals surface area contributed by atoms with Crippen LogP contribution in [0.15, 0.2) is 42.6 Å². The molecule has 1 saturated heterocycles. The molecule has 1 aromatic heterocycles. The molecule has 6 nitrogen and oxygen atoms in total. The van der Waals surface area contributed by atoms with Crippen LogP contribution in [0.1, 0.15) is 11.1 Å². The van der Waals surface area contributed by atoms with Crippen LogP contribution in [0.3, 0.4) is 0 Å². The second kappa shape index (κ2) is 8.02.